The van der Waals surface area contributed by atoms with Gasteiger partial charge in [0.2, 0.25) is 0 Å². The summed E-state index contributed by atoms with van der Waals surface area (Å²) in [5.41, 5.74) is 0.448. The number of carbonyl (C=O) groups excluding carboxylic acids is 1. The summed E-state index contributed by atoms with van der Waals surface area (Å²) in [5.74, 6) is 0.719. The molecule has 0 unspecified atom stereocenters. The average Bonchev–Trinajstić information content (AvgIpc) is 2.47. The summed E-state index contributed by atoms with van der Waals surface area (Å²) in [6.07, 6.45) is 0. The van der Waals surface area contributed by atoms with Gasteiger partial charge in [-0.2, -0.15) is 0 Å². The van der Waals surface area contributed by atoms with E-state index in [1.165, 1.54) is 7.11 Å². The Bertz CT molecular complexity index is 480. The van der Waals surface area contributed by atoms with E-state index in [9.17, 15) is 4.79 Å². The normalized spacial score (nSPS) is 11.9. The van der Waals surface area contributed by atoms with Crippen LogP contribution in [0.3, 0.4) is 0 Å². The molecule has 0 saturated heterocycles. The zero-order valence-electron chi connectivity index (χ0n) is 13.0. The number of hydrogen-bond donors (Lipinski definition) is 2. The second-order valence-electron chi connectivity index (χ2n) is 4.59. The Labute approximate surface area is 131 Å². The molecule has 0 aromatic heterocycles. The maximum absolute atomic E-state index is 12.1. The van der Waals surface area contributed by atoms with Gasteiger partial charge in [0.15, 0.2) is 11.5 Å². The van der Waals surface area contributed by atoms with E-state index in [0.717, 1.165) is 6.54 Å². The number of methoxy groups -OCH3 is 1. The van der Waals surface area contributed by atoms with E-state index in [4.69, 9.17) is 21.1 Å². The maximum atomic E-state index is 12.1. The molecule has 1 aromatic rings. The van der Waals surface area contributed by atoms with Crippen LogP contribution in [0.1, 0.15) is 31.1 Å². The molecule has 0 heterocycles. The lowest BCUT2D eigenvalue weighted by Crippen LogP contribution is -2.38. The van der Waals surface area contributed by atoms with E-state index in [1.807, 2.05) is 20.8 Å². The predicted octanol–water partition coefficient (Wildman–Crippen LogP) is 2.48. The molecule has 1 atom stereocenters. The van der Waals surface area contributed by atoms with Crippen molar-refractivity contribution in [2.75, 3.05) is 26.8 Å². The van der Waals surface area contributed by atoms with Crippen LogP contribution in [0.5, 0.6) is 11.5 Å². The van der Waals surface area contributed by atoms with Crippen molar-refractivity contribution in [3.63, 3.8) is 0 Å². The molecule has 0 spiro atoms. The second kappa shape index (κ2) is 8.74. The third-order valence-electron chi connectivity index (χ3n) is 2.90. The zero-order valence-corrected chi connectivity index (χ0v) is 13.7. The van der Waals surface area contributed by atoms with Crippen molar-refractivity contribution < 1.29 is 14.3 Å². The standard InChI is InChI=1S/C15H23ClN2O3/c1-5-17-10(3)9-18-15(19)11-7-12(16)14(21-6-2)13(8-11)20-4/h7-8,10,17H,5-6,9H2,1-4H3,(H,18,19)/t10-/m1/s1. The number of benzene rings is 1. The first-order chi connectivity index (χ1) is 10.0. The van der Waals surface area contributed by atoms with E-state index < -0.39 is 0 Å². The Morgan fingerprint density at radius 3 is 2.67 bits per heavy atom. The zero-order chi connectivity index (χ0) is 15.8. The lowest BCUT2D eigenvalue weighted by molar-refractivity contribution is 0.0950. The van der Waals surface area contributed by atoms with Gasteiger partial charge in [-0.1, -0.05) is 18.5 Å². The van der Waals surface area contributed by atoms with Crippen LogP contribution < -0.4 is 20.1 Å². The van der Waals surface area contributed by atoms with Crippen LogP contribution in [-0.2, 0) is 0 Å². The Morgan fingerprint density at radius 2 is 2.10 bits per heavy atom. The number of nitrogens with one attached hydrogen (secondary N) is 2. The van der Waals surface area contributed by atoms with Crippen LogP contribution in [0.15, 0.2) is 12.1 Å². The van der Waals surface area contributed by atoms with Gasteiger partial charge in [-0.3, -0.25) is 4.79 Å². The maximum Gasteiger partial charge on any atom is 0.251 e. The summed E-state index contributed by atoms with van der Waals surface area (Å²) >= 11 is 6.15. The molecule has 2 N–H and O–H groups in total. The molecule has 0 bridgehead atoms. The summed E-state index contributed by atoms with van der Waals surface area (Å²) in [6.45, 7) is 7.77. The summed E-state index contributed by atoms with van der Waals surface area (Å²) in [4.78, 5) is 12.1. The van der Waals surface area contributed by atoms with Crippen LogP contribution in [0.4, 0.5) is 0 Å². The minimum atomic E-state index is -0.192. The monoisotopic (exact) mass is 314 g/mol. The van der Waals surface area contributed by atoms with Gasteiger partial charge in [0.1, 0.15) is 0 Å². The molecule has 5 nitrogen and oxygen atoms in total. The molecular weight excluding hydrogens is 292 g/mol. The first-order valence-electron chi connectivity index (χ1n) is 7.05. The summed E-state index contributed by atoms with van der Waals surface area (Å²) in [7, 11) is 1.52. The van der Waals surface area contributed by atoms with Crippen LogP contribution in [0.25, 0.3) is 0 Å². The van der Waals surface area contributed by atoms with Crippen LogP contribution in [-0.4, -0.2) is 38.8 Å². The number of halogens is 1. The van der Waals surface area contributed by atoms with E-state index in [2.05, 4.69) is 10.6 Å². The van der Waals surface area contributed by atoms with E-state index in [-0.39, 0.29) is 11.9 Å². The Hall–Kier alpha value is -1.46. The Morgan fingerprint density at radius 1 is 1.38 bits per heavy atom. The fourth-order valence-electron chi connectivity index (χ4n) is 1.90. The molecule has 0 radical (unpaired) electrons. The molecule has 0 aliphatic heterocycles. The molecule has 21 heavy (non-hydrogen) atoms. The largest absolute Gasteiger partial charge is 0.493 e. The van der Waals surface area contributed by atoms with Crippen molar-refractivity contribution in [3.05, 3.63) is 22.7 Å². The average molecular weight is 315 g/mol. The molecular formula is C15H23ClN2O3. The molecule has 0 saturated carbocycles. The van der Waals surface area contributed by atoms with Gasteiger partial charge >= 0.3 is 0 Å². The summed E-state index contributed by atoms with van der Waals surface area (Å²) in [6, 6.07) is 3.42. The fraction of sp³-hybridized carbons (Fsp3) is 0.533. The number of carbonyl (C=O) groups is 1. The number of ether oxygens (including phenoxy) is 2. The van der Waals surface area contributed by atoms with Crippen LogP contribution in [0, 0.1) is 0 Å². The molecule has 1 aromatic carbocycles. The lowest BCUT2D eigenvalue weighted by Gasteiger charge is -2.15. The van der Waals surface area contributed by atoms with Crippen LogP contribution >= 0.6 is 11.6 Å². The highest BCUT2D eigenvalue weighted by molar-refractivity contribution is 6.32. The fourth-order valence-corrected chi connectivity index (χ4v) is 2.17. The number of hydrogen-bond acceptors (Lipinski definition) is 4. The number of rotatable bonds is 8. The van der Waals surface area contributed by atoms with Crippen LogP contribution in [0.2, 0.25) is 5.02 Å². The first-order valence-corrected chi connectivity index (χ1v) is 7.43. The summed E-state index contributed by atoms with van der Waals surface area (Å²) < 4.78 is 10.7. The molecule has 0 aliphatic rings. The molecule has 1 amide bonds. The van der Waals surface area contributed by atoms with Crippen molar-refractivity contribution in [3.8, 4) is 11.5 Å². The Balaban J connectivity index is 2.83. The lowest BCUT2D eigenvalue weighted by atomic mass is 10.1. The molecule has 0 fully saturated rings. The molecule has 0 aliphatic carbocycles. The molecule has 1 rings (SSSR count). The van der Waals surface area contributed by atoms with Gasteiger partial charge < -0.3 is 20.1 Å². The molecule has 6 heteroatoms. The smallest absolute Gasteiger partial charge is 0.251 e. The topological polar surface area (TPSA) is 59.6 Å². The van der Waals surface area contributed by atoms with Gasteiger partial charge in [0, 0.05) is 18.2 Å². The summed E-state index contributed by atoms with van der Waals surface area (Å²) in [5, 5.41) is 6.45. The van der Waals surface area contributed by atoms with Gasteiger partial charge in [-0.25, -0.2) is 0 Å². The molecule has 118 valence electrons. The van der Waals surface area contributed by atoms with Crippen molar-refractivity contribution in [2.24, 2.45) is 0 Å². The number of amides is 1. The number of likely N-dealkylation sites (N-methyl/N-ethyl adjacent to an activating group) is 1. The van der Waals surface area contributed by atoms with Gasteiger partial charge in [0.25, 0.3) is 5.91 Å². The van der Waals surface area contributed by atoms with Crippen molar-refractivity contribution in [1.82, 2.24) is 10.6 Å². The quantitative estimate of drug-likeness (QED) is 0.774. The SMILES string of the molecule is CCN[C@H](C)CNC(=O)c1cc(Cl)c(OCC)c(OC)c1. The Kier molecular flexibility index (Phi) is 7.32. The van der Waals surface area contributed by atoms with Crippen molar-refractivity contribution in [2.45, 2.75) is 26.8 Å². The van der Waals surface area contributed by atoms with E-state index in [1.54, 1.807) is 12.1 Å². The van der Waals surface area contributed by atoms with Gasteiger partial charge in [-0.05, 0) is 32.5 Å². The van der Waals surface area contributed by atoms with Gasteiger partial charge in [-0.15, -0.1) is 0 Å². The van der Waals surface area contributed by atoms with E-state index in [0.29, 0.717) is 35.2 Å². The minimum Gasteiger partial charge on any atom is -0.493 e. The predicted molar refractivity (Wildman–Crippen MR) is 84.6 cm³/mol. The third kappa shape index (κ3) is 5.10. The highest BCUT2D eigenvalue weighted by Gasteiger charge is 2.16. The highest BCUT2D eigenvalue weighted by Crippen LogP contribution is 2.36. The van der Waals surface area contributed by atoms with Crippen molar-refractivity contribution in [1.29, 1.82) is 0 Å². The van der Waals surface area contributed by atoms with Crippen molar-refractivity contribution >= 4 is 17.5 Å². The minimum absolute atomic E-state index is 0.192. The third-order valence-corrected chi connectivity index (χ3v) is 3.18. The van der Waals surface area contributed by atoms with E-state index >= 15 is 0 Å². The second-order valence-corrected chi connectivity index (χ2v) is 5.00. The first kappa shape index (κ1) is 17.6. The highest BCUT2D eigenvalue weighted by atomic mass is 35.5. The van der Waals surface area contributed by atoms with Gasteiger partial charge in [0.05, 0.1) is 18.7 Å².